The highest BCUT2D eigenvalue weighted by molar-refractivity contribution is 6.28. The number of hydrogen-bond acceptors (Lipinski definition) is 4. The number of nitriles is 1. The highest BCUT2D eigenvalue weighted by Crippen LogP contribution is 2.31. The Morgan fingerprint density at radius 1 is 1.38 bits per heavy atom. The van der Waals surface area contributed by atoms with Crippen molar-refractivity contribution in [2.75, 3.05) is 5.32 Å². The number of nitrogens with one attached hydrogen (secondary N) is 1. The van der Waals surface area contributed by atoms with Crippen LogP contribution in [0.25, 0.3) is 11.3 Å². The minimum atomic E-state index is -0.0238. The highest BCUT2D eigenvalue weighted by Gasteiger charge is 2.29. The van der Waals surface area contributed by atoms with Crippen LogP contribution >= 0.6 is 11.6 Å². The number of carbonyl (C=O) groups is 1. The zero-order chi connectivity index (χ0) is 14.8. The van der Waals surface area contributed by atoms with Gasteiger partial charge in [0.15, 0.2) is 0 Å². The van der Waals surface area contributed by atoms with Crippen LogP contribution < -0.4 is 5.32 Å². The number of halogens is 1. The quantitative estimate of drug-likeness (QED) is 0.883. The van der Waals surface area contributed by atoms with Crippen LogP contribution in [0.1, 0.15) is 18.4 Å². The molecule has 2 aromatic rings. The maximum absolute atomic E-state index is 11.8. The number of anilines is 1. The fraction of sp³-hybridized carbons (Fsp3) is 0.200. The average Bonchev–Trinajstić information content (AvgIpc) is 3.32. The Bertz CT molecular complexity index is 750. The zero-order valence-electron chi connectivity index (χ0n) is 11.0. The van der Waals surface area contributed by atoms with Gasteiger partial charge in [-0.05, 0) is 42.6 Å². The van der Waals surface area contributed by atoms with Crippen LogP contribution in [0.2, 0.25) is 5.28 Å². The van der Waals surface area contributed by atoms with Gasteiger partial charge in [-0.2, -0.15) is 5.26 Å². The van der Waals surface area contributed by atoms with Gasteiger partial charge in [0.05, 0.1) is 16.9 Å². The van der Waals surface area contributed by atoms with Crippen LogP contribution in [0, 0.1) is 17.2 Å². The summed E-state index contributed by atoms with van der Waals surface area (Å²) >= 11 is 5.77. The van der Waals surface area contributed by atoms with Gasteiger partial charge < -0.3 is 5.32 Å². The van der Waals surface area contributed by atoms with Gasteiger partial charge in [-0.15, -0.1) is 0 Å². The Morgan fingerprint density at radius 3 is 2.86 bits per heavy atom. The number of aromatic nitrogens is 2. The van der Waals surface area contributed by atoms with Crippen molar-refractivity contribution in [3.8, 4) is 17.3 Å². The van der Waals surface area contributed by atoms with E-state index in [4.69, 9.17) is 11.6 Å². The second-order valence-corrected chi connectivity index (χ2v) is 5.18. The zero-order valence-corrected chi connectivity index (χ0v) is 11.8. The lowest BCUT2D eigenvalue weighted by molar-refractivity contribution is -0.117. The van der Waals surface area contributed by atoms with E-state index in [1.165, 1.54) is 0 Å². The molecule has 0 spiro atoms. The van der Waals surface area contributed by atoms with Gasteiger partial charge in [-0.3, -0.25) is 4.79 Å². The molecule has 0 radical (unpaired) electrons. The van der Waals surface area contributed by atoms with Crippen LogP contribution in [0.5, 0.6) is 0 Å². The second-order valence-electron chi connectivity index (χ2n) is 4.85. The van der Waals surface area contributed by atoms with Crippen LogP contribution in [-0.4, -0.2) is 15.9 Å². The maximum atomic E-state index is 11.8. The molecule has 5 nitrogen and oxygen atoms in total. The first kappa shape index (κ1) is 13.5. The third kappa shape index (κ3) is 3.01. The Kier molecular flexibility index (Phi) is 3.55. The highest BCUT2D eigenvalue weighted by atomic mass is 35.5. The largest absolute Gasteiger partial charge is 0.325 e. The van der Waals surface area contributed by atoms with Crippen molar-refractivity contribution in [2.45, 2.75) is 12.8 Å². The van der Waals surface area contributed by atoms with E-state index in [2.05, 4.69) is 21.4 Å². The van der Waals surface area contributed by atoms with Gasteiger partial charge in [0.2, 0.25) is 11.2 Å². The summed E-state index contributed by atoms with van der Waals surface area (Å²) in [7, 11) is 0. The predicted molar refractivity (Wildman–Crippen MR) is 78.5 cm³/mol. The van der Waals surface area contributed by atoms with Crippen molar-refractivity contribution >= 4 is 23.2 Å². The molecule has 0 atom stereocenters. The third-order valence-corrected chi connectivity index (χ3v) is 3.45. The van der Waals surface area contributed by atoms with Gasteiger partial charge in [-0.1, -0.05) is 6.07 Å². The molecular weight excluding hydrogens is 288 g/mol. The first-order valence-corrected chi connectivity index (χ1v) is 6.89. The molecule has 1 aromatic heterocycles. The Balaban J connectivity index is 1.91. The summed E-state index contributed by atoms with van der Waals surface area (Å²) in [5, 5.41) is 12.2. The summed E-state index contributed by atoms with van der Waals surface area (Å²) in [6.07, 6.45) is 3.40. The molecule has 1 fully saturated rings. The molecule has 1 aliphatic carbocycles. The monoisotopic (exact) mass is 298 g/mol. The lowest BCUT2D eigenvalue weighted by Crippen LogP contribution is -2.14. The molecule has 1 saturated carbocycles. The molecule has 104 valence electrons. The predicted octanol–water partition coefficient (Wildman–Crippen LogP) is 3.02. The van der Waals surface area contributed by atoms with E-state index < -0.39 is 0 Å². The van der Waals surface area contributed by atoms with E-state index in [1.54, 1.807) is 30.5 Å². The Hall–Kier alpha value is -2.45. The summed E-state index contributed by atoms with van der Waals surface area (Å²) in [6.45, 7) is 0. The number of hydrogen-bond donors (Lipinski definition) is 1. The van der Waals surface area contributed by atoms with Crippen LogP contribution in [0.4, 0.5) is 5.69 Å². The molecule has 1 aromatic carbocycles. The molecule has 1 N–H and O–H groups in total. The van der Waals surface area contributed by atoms with Crippen molar-refractivity contribution in [1.29, 1.82) is 5.26 Å². The van der Waals surface area contributed by atoms with Crippen LogP contribution in [-0.2, 0) is 4.79 Å². The van der Waals surface area contributed by atoms with Gasteiger partial charge >= 0.3 is 0 Å². The molecule has 0 unspecified atom stereocenters. The third-order valence-electron chi connectivity index (χ3n) is 3.27. The van der Waals surface area contributed by atoms with E-state index in [0.29, 0.717) is 16.9 Å². The molecule has 6 heteroatoms. The molecule has 3 rings (SSSR count). The summed E-state index contributed by atoms with van der Waals surface area (Å²) in [5.41, 5.74) is 2.31. The number of carbonyl (C=O) groups excluding carboxylic acids is 1. The minimum absolute atomic E-state index is 0.0238. The number of nitrogens with zero attached hydrogens (tertiary/aromatic N) is 3. The SMILES string of the molecule is N#Cc1cc(-c2ccnc(Cl)n2)ccc1NC(=O)C1CC1. The van der Waals surface area contributed by atoms with Crippen molar-refractivity contribution in [2.24, 2.45) is 5.92 Å². The molecule has 1 amide bonds. The molecule has 21 heavy (non-hydrogen) atoms. The lowest BCUT2D eigenvalue weighted by Gasteiger charge is -2.08. The molecule has 1 heterocycles. The summed E-state index contributed by atoms with van der Waals surface area (Å²) in [6, 6.07) is 8.99. The summed E-state index contributed by atoms with van der Waals surface area (Å²) in [4.78, 5) is 19.7. The number of benzene rings is 1. The maximum Gasteiger partial charge on any atom is 0.227 e. The van der Waals surface area contributed by atoms with E-state index in [9.17, 15) is 10.1 Å². The number of amides is 1. The lowest BCUT2D eigenvalue weighted by atomic mass is 10.1. The van der Waals surface area contributed by atoms with E-state index in [0.717, 1.165) is 18.4 Å². The fourth-order valence-electron chi connectivity index (χ4n) is 1.98. The van der Waals surface area contributed by atoms with Crippen molar-refractivity contribution in [3.63, 3.8) is 0 Å². The fourth-order valence-corrected chi connectivity index (χ4v) is 2.13. The first-order chi connectivity index (χ1) is 10.2. The molecule has 0 aliphatic heterocycles. The van der Waals surface area contributed by atoms with Gasteiger partial charge in [0.25, 0.3) is 0 Å². The minimum Gasteiger partial charge on any atom is -0.325 e. The van der Waals surface area contributed by atoms with Crippen molar-refractivity contribution in [3.05, 3.63) is 41.3 Å². The Morgan fingerprint density at radius 2 is 2.19 bits per heavy atom. The topological polar surface area (TPSA) is 78.7 Å². The van der Waals surface area contributed by atoms with Gasteiger partial charge in [-0.25, -0.2) is 9.97 Å². The molecular formula is C15H11ClN4O. The van der Waals surface area contributed by atoms with Gasteiger partial charge in [0.1, 0.15) is 6.07 Å². The average molecular weight is 299 g/mol. The smallest absolute Gasteiger partial charge is 0.227 e. The second kappa shape index (κ2) is 5.51. The summed E-state index contributed by atoms with van der Waals surface area (Å²) in [5.74, 6) is 0.0706. The van der Waals surface area contributed by atoms with Crippen LogP contribution in [0.15, 0.2) is 30.5 Å². The summed E-state index contributed by atoms with van der Waals surface area (Å²) < 4.78 is 0. The standard InChI is InChI=1S/C15H11ClN4O/c16-15-18-6-5-13(20-15)10-3-4-12(11(7-10)8-17)19-14(21)9-1-2-9/h3-7,9H,1-2H2,(H,19,21). The Labute approximate surface area is 126 Å². The van der Waals surface area contributed by atoms with Crippen molar-refractivity contribution in [1.82, 2.24) is 9.97 Å². The number of rotatable bonds is 3. The van der Waals surface area contributed by atoms with E-state index in [-0.39, 0.29) is 17.1 Å². The normalized spacial score (nSPS) is 13.5. The van der Waals surface area contributed by atoms with Crippen LogP contribution in [0.3, 0.4) is 0 Å². The molecule has 0 bridgehead atoms. The van der Waals surface area contributed by atoms with E-state index >= 15 is 0 Å². The van der Waals surface area contributed by atoms with Crippen molar-refractivity contribution < 1.29 is 4.79 Å². The first-order valence-electron chi connectivity index (χ1n) is 6.51. The van der Waals surface area contributed by atoms with Gasteiger partial charge in [0, 0.05) is 17.7 Å². The molecule has 1 aliphatic rings. The van der Waals surface area contributed by atoms with E-state index in [1.807, 2.05) is 0 Å². The molecule has 0 saturated heterocycles.